The van der Waals surface area contributed by atoms with Crippen molar-refractivity contribution in [1.82, 2.24) is 15.5 Å². The number of rotatable bonds is 7. The molecule has 1 heterocycles. The molecule has 0 fully saturated rings. The summed E-state index contributed by atoms with van der Waals surface area (Å²) in [6.07, 6.45) is 0. The Hall–Kier alpha value is -2.06. The van der Waals surface area contributed by atoms with Crippen molar-refractivity contribution in [3.63, 3.8) is 0 Å². The minimum atomic E-state index is -0.418. The lowest BCUT2D eigenvalue weighted by atomic mass is 10.1. The lowest BCUT2D eigenvalue weighted by molar-refractivity contribution is -0.138. The van der Waals surface area contributed by atoms with Gasteiger partial charge in [-0.2, -0.15) is 0 Å². The molecule has 1 aromatic rings. The van der Waals surface area contributed by atoms with E-state index in [1.54, 1.807) is 14.0 Å². The van der Waals surface area contributed by atoms with Crippen LogP contribution in [0.15, 0.2) is 33.9 Å². The number of carbonyl (C=O) groups is 2. The maximum absolute atomic E-state index is 12.1. The molecule has 0 radical (unpaired) electrons. The third kappa shape index (κ3) is 5.20. The van der Waals surface area contributed by atoms with Crippen molar-refractivity contribution >= 4 is 27.9 Å². The Morgan fingerprint density at radius 3 is 2.80 bits per heavy atom. The van der Waals surface area contributed by atoms with Crippen LogP contribution in [0.4, 0.5) is 4.79 Å². The Balaban J connectivity index is 2.16. The fraction of sp³-hybridized carbons (Fsp3) is 0.412. The van der Waals surface area contributed by atoms with Gasteiger partial charge in [0.05, 0.1) is 25.8 Å². The summed E-state index contributed by atoms with van der Waals surface area (Å²) in [6.45, 7) is 3.18. The van der Waals surface area contributed by atoms with Crippen molar-refractivity contribution in [2.75, 3.05) is 33.9 Å². The van der Waals surface area contributed by atoms with Crippen LogP contribution in [-0.4, -0.2) is 50.8 Å². The van der Waals surface area contributed by atoms with Gasteiger partial charge in [-0.1, -0.05) is 15.9 Å². The highest BCUT2D eigenvalue weighted by Gasteiger charge is 2.24. The smallest absolute Gasteiger partial charge is 0.337 e. The van der Waals surface area contributed by atoms with Crippen LogP contribution < -0.4 is 15.4 Å². The number of amides is 2. The van der Waals surface area contributed by atoms with E-state index in [2.05, 4.69) is 26.6 Å². The minimum Gasteiger partial charge on any atom is -0.496 e. The second-order valence-corrected chi connectivity index (χ2v) is 6.53. The molecule has 1 aromatic carbocycles. The Morgan fingerprint density at radius 1 is 1.36 bits per heavy atom. The van der Waals surface area contributed by atoms with Gasteiger partial charge in [-0.15, -0.1) is 0 Å². The first kappa shape index (κ1) is 19.3. The number of urea groups is 1. The van der Waals surface area contributed by atoms with Gasteiger partial charge >= 0.3 is 12.0 Å². The number of hydrogen-bond donors (Lipinski definition) is 2. The zero-order valence-electron chi connectivity index (χ0n) is 14.5. The Bertz CT molecular complexity index is 690. The number of methoxy groups -OCH3 is 1. The summed E-state index contributed by atoms with van der Waals surface area (Å²) >= 11 is 3.46. The molecule has 0 unspecified atom stereocenters. The molecule has 0 aromatic heterocycles. The van der Waals surface area contributed by atoms with Crippen molar-refractivity contribution < 1.29 is 19.1 Å². The van der Waals surface area contributed by atoms with Gasteiger partial charge in [0.15, 0.2) is 0 Å². The number of nitrogens with one attached hydrogen (secondary N) is 2. The van der Waals surface area contributed by atoms with Gasteiger partial charge in [-0.25, -0.2) is 9.59 Å². The van der Waals surface area contributed by atoms with E-state index in [4.69, 9.17) is 9.47 Å². The van der Waals surface area contributed by atoms with Gasteiger partial charge in [0.25, 0.3) is 0 Å². The van der Waals surface area contributed by atoms with Crippen molar-refractivity contribution in [3.05, 3.63) is 39.5 Å². The first-order valence-electron chi connectivity index (χ1n) is 7.89. The van der Waals surface area contributed by atoms with E-state index in [1.807, 2.05) is 30.1 Å². The van der Waals surface area contributed by atoms with Gasteiger partial charge in [-0.3, -0.25) is 4.90 Å². The van der Waals surface area contributed by atoms with E-state index < -0.39 is 5.97 Å². The van der Waals surface area contributed by atoms with Crippen molar-refractivity contribution in [1.29, 1.82) is 0 Å². The fourth-order valence-electron chi connectivity index (χ4n) is 2.57. The molecule has 0 spiro atoms. The van der Waals surface area contributed by atoms with E-state index in [1.165, 1.54) is 0 Å². The molecule has 0 bridgehead atoms. The predicted octanol–water partition coefficient (Wildman–Crippen LogP) is 2.02. The maximum atomic E-state index is 12.1. The van der Waals surface area contributed by atoms with Crippen LogP contribution in [0.25, 0.3) is 0 Å². The molecule has 0 atom stereocenters. The van der Waals surface area contributed by atoms with Crippen LogP contribution >= 0.6 is 15.9 Å². The second kappa shape index (κ2) is 8.87. The number of benzene rings is 1. The first-order chi connectivity index (χ1) is 11.9. The number of esters is 1. The highest BCUT2D eigenvalue weighted by atomic mass is 79.9. The Morgan fingerprint density at radius 2 is 2.12 bits per heavy atom. The van der Waals surface area contributed by atoms with Gasteiger partial charge in [-0.05, 0) is 32.2 Å². The normalized spacial score (nSPS) is 14.2. The van der Waals surface area contributed by atoms with E-state index in [0.29, 0.717) is 24.4 Å². The SMILES string of the molecule is CCOC(=O)C1=C(CN(C)Cc2cc(Br)ccc2OC)NC(=O)NC1. The summed E-state index contributed by atoms with van der Waals surface area (Å²) in [5.74, 6) is 0.363. The third-order valence-electron chi connectivity index (χ3n) is 3.69. The van der Waals surface area contributed by atoms with Gasteiger partial charge in [0, 0.05) is 28.8 Å². The Labute approximate surface area is 155 Å². The van der Waals surface area contributed by atoms with Gasteiger partial charge in [0.2, 0.25) is 0 Å². The molecule has 2 rings (SSSR count). The molecule has 1 aliphatic heterocycles. The third-order valence-corrected chi connectivity index (χ3v) is 4.18. The highest BCUT2D eigenvalue weighted by Crippen LogP contribution is 2.24. The summed E-state index contributed by atoms with van der Waals surface area (Å²) in [6, 6.07) is 5.47. The highest BCUT2D eigenvalue weighted by molar-refractivity contribution is 9.10. The Kier molecular flexibility index (Phi) is 6.83. The molecule has 8 heteroatoms. The molecule has 136 valence electrons. The zero-order chi connectivity index (χ0) is 18.4. The minimum absolute atomic E-state index is 0.161. The molecule has 2 N–H and O–H groups in total. The van der Waals surface area contributed by atoms with Crippen LogP contribution in [-0.2, 0) is 16.1 Å². The van der Waals surface area contributed by atoms with Crippen LogP contribution in [0.5, 0.6) is 5.75 Å². The summed E-state index contributed by atoms with van der Waals surface area (Å²) in [4.78, 5) is 25.7. The number of ether oxygens (including phenoxy) is 2. The largest absolute Gasteiger partial charge is 0.496 e. The lowest BCUT2D eigenvalue weighted by Crippen LogP contribution is -2.46. The van der Waals surface area contributed by atoms with E-state index >= 15 is 0 Å². The molecular weight excluding hydrogens is 390 g/mol. The molecule has 7 nitrogen and oxygen atoms in total. The van der Waals surface area contributed by atoms with Crippen molar-refractivity contribution in [2.45, 2.75) is 13.5 Å². The second-order valence-electron chi connectivity index (χ2n) is 5.61. The lowest BCUT2D eigenvalue weighted by Gasteiger charge is -2.25. The molecular formula is C17H22BrN3O4. The average Bonchev–Trinajstić information content (AvgIpc) is 2.55. The summed E-state index contributed by atoms with van der Waals surface area (Å²) in [5.41, 5.74) is 1.99. The summed E-state index contributed by atoms with van der Waals surface area (Å²) in [5, 5.41) is 5.31. The number of nitrogens with zero attached hydrogens (tertiary/aromatic N) is 1. The quantitative estimate of drug-likeness (QED) is 0.670. The number of likely N-dealkylation sites (N-methyl/N-ethyl adjacent to an activating group) is 1. The van der Waals surface area contributed by atoms with Crippen LogP contribution in [0.2, 0.25) is 0 Å². The van der Waals surface area contributed by atoms with E-state index in [9.17, 15) is 9.59 Å². The van der Waals surface area contributed by atoms with Crippen molar-refractivity contribution in [2.24, 2.45) is 0 Å². The van der Waals surface area contributed by atoms with Gasteiger partial charge in [0.1, 0.15) is 5.75 Å². The monoisotopic (exact) mass is 411 g/mol. The van der Waals surface area contributed by atoms with Crippen LogP contribution in [0, 0.1) is 0 Å². The first-order valence-corrected chi connectivity index (χ1v) is 8.68. The number of halogens is 1. The topological polar surface area (TPSA) is 79.9 Å². The number of carbonyl (C=O) groups excluding carboxylic acids is 2. The standard InChI is InChI=1S/C17H22BrN3O4/c1-4-25-16(22)13-8-19-17(23)20-14(13)10-21(2)9-11-7-12(18)5-6-15(11)24-3/h5-7H,4,8-10H2,1-3H3,(H2,19,20,23). The molecule has 2 amide bonds. The maximum Gasteiger partial charge on any atom is 0.337 e. The van der Waals surface area contributed by atoms with Crippen molar-refractivity contribution in [3.8, 4) is 5.75 Å². The average molecular weight is 412 g/mol. The summed E-state index contributed by atoms with van der Waals surface area (Å²) in [7, 11) is 3.53. The van der Waals surface area contributed by atoms with E-state index in [-0.39, 0.29) is 19.2 Å². The molecule has 1 aliphatic rings. The molecule has 0 saturated carbocycles. The predicted molar refractivity (Wildman–Crippen MR) is 97.2 cm³/mol. The molecule has 25 heavy (non-hydrogen) atoms. The molecule has 0 aliphatic carbocycles. The fourth-order valence-corrected chi connectivity index (χ4v) is 2.98. The summed E-state index contributed by atoms with van der Waals surface area (Å²) < 4.78 is 11.4. The van der Waals surface area contributed by atoms with E-state index in [0.717, 1.165) is 15.8 Å². The van der Waals surface area contributed by atoms with Gasteiger partial charge < -0.3 is 20.1 Å². The van der Waals surface area contributed by atoms with Crippen LogP contribution in [0.1, 0.15) is 12.5 Å². The molecule has 0 saturated heterocycles. The number of hydrogen-bond acceptors (Lipinski definition) is 5. The zero-order valence-corrected chi connectivity index (χ0v) is 16.1. The van der Waals surface area contributed by atoms with Crippen LogP contribution in [0.3, 0.4) is 0 Å².